The van der Waals surface area contributed by atoms with Crippen molar-refractivity contribution < 1.29 is 0 Å². The largest absolute Gasteiger partial charge is 0.318 e. The number of hydrogen-bond acceptors (Lipinski definition) is 3. The van der Waals surface area contributed by atoms with Gasteiger partial charge in [0.2, 0.25) is 11.6 Å². The van der Waals surface area contributed by atoms with Crippen LogP contribution in [0.25, 0.3) is 110 Å². The lowest BCUT2D eigenvalue weighted by molar-refractivity contribution is 0.991. The maximum absolute atomic E-state index is 10.9. The fourth-order valence-electron chi connectivity index (χ4n) is 9.37. The molecule has 0 bridgehead atoms. The van der Waals surface area contributed by atoms with Crippen LogP contribution < -0.4 is 0 Å². The highest BCUT2D eigenvalue weighted by Crippen LogP contribution is 2.44. The molecular formula is C54H31N7. The van der Waals surface area contributed by atoms with Gasteiger partial charge in [-0.2, -0.15) is 5.26 Å². The second-order valence-corrected chi connectivity index (χ2v) is 15.2. The highest BCUT2D eigenvalue weighted by molar-refractivity contribution is 6.26. The van der Waals surface area contributed by atoms with Gasteiger partial charge in [-0.15, -0.1) is 0 Å². The molecule has 0 aliphatic carbocycles. The van der Waals surface area contributed by atoms with Gasteiger partial charge in [0, 0.05) is 43.6 Å². The molecule has 61 heavy (non-hydrogen) atoms. The molecule has 0 aliphatic rings. The van der Waals surface area contributed by atoms with Crippen LogP contribution in [0.1, 0.15) is 5.56 Å². The predicted molar refractivity (Wildman–Crippen MR) is 247 cm³/mol. The van der Waals surface area contributed by atoms with E-state index in [0.29, 0.717) is 34.2 Å². The Morgan fingerprint density at radius 1 is 0.459 bits per heavy atom. The van der Waals surface area contributed by atoms with Gasteiger partial charge in [0.15, 0.2) is 0 Å². The van der Waals surface area contributed by atoms with E-state index in [0.717, 1.165) is 82.4 Å². The van der Waals surface area contributed by atoms with Crippen molar-refractivity contribution in [2.75, 3.05) is 0 Å². The monoisotopic (exact) mass is 777 g/mol. The Bertz CT molecular complexity index is 3790. The lowest BCUT2D eigenvalue weighted by Gasteiger charge is -2.16. The number of hydrogen-bond donors (Lipinski definition) is 0. The summed E-state index contributed by atoms with van der Waals surface area (Å²) >= 11 is 0. The van der Waals surface area contributed by atoms with Crippen molar-refractivity contribution in [3.8, 4) is 45.9 Å². The van der Waals surface area contributed by atoms with Crippen LogP contribution >= 0.6 is 0 Å². The quantitative estimate of drug-likeness (QED) is 0.163. The maximum Gasteiger partial charge on any atom is 0.235 e. The Balaban J connectivity index is 1.14. The highest BCUT2D eigenvalue weighted by atomic mass is 15.2. The maximum atomic E-state index is 10.9. The van der Waals surface area contributed by atoms with E-state index in [-0.39, 0.29) is 0 Å². The molecule has 0 spiro atoms. The van der Waals surface area contributed by atoms with Crippen LogP contribution in [-0.2, 0) is 0 Å². The molecular weight excluding hydrogens is 747 g/mol. The van der Waals surface area contributed by atoms with Crippen molar-refractivity contribution in [3.05, 3.63) is 205 Å². The minimum absolute atomic E-state index is 0.340. The molecule has 0 saturated heterocycles. The molecule has 12 aromatic rings. The molecule has 0 unspecified atom stereocenters. The van der Waals surface area contributed by atoms with Crippen molar-refractivity contribution in [2.45, 2.75) is 0 Å². The summed E-state index contributed by atoms with van der Waals surface area (Å²) in [5, 5.41) is 17.5. The van der Waals surface area contributed by atoms with Crippen molar-refractivity contribution >= 4 is 71.1 Å². The van der Waals surface area contributed by atoms with E-state index in [1.165, 1.54) is 0 Å². The minimum Gasteiger partial charge on any atom is -0.318 e. The number of fused-ring (bicyclic) bond motifs is 10. The Kier molecular flexibility index (Phi) is 7.52. The van der Waals surface area contributed by atoms with Gasteiger partial charge in [0.25, 0.3) is 0 Å². The zero-order valence-electron chi connectivity index (χ0n) is 32.5. The molecule has 12 rings (SSSR count). The van der Waals surface area contributed by atoms with Crippen LogP contribution in [0.15, 0.2) is 188 Å². The zero-order valence-corrected chi connectivity index (χ0v) is 32.5. The first-order valence-electron chi connectivity index (χ1n) is 20.1. The SMILES string of the molecule is [C-]#[N+]c1cc(-c2nc(-n3c4ccccc4c4ccccc43)nc(-c3ccccc3)c2C#N)ccc1-n1c2ccccc2c2ccc3c(c4ccccc4n3-c3ccccc3)c21. The van der Waals surface area contributed by atoms with E-state index >= 15 is 0 Å². The number of nitriles is 1. The van der Waals surface area contributed by atoms with E-state index in [1.807, 2.05) is 78.9 Å². The lowest BCUT2D eigenvalue weighted by Crippen LogP contribution is -2.07. The lowest BCUT2D eigenvalue weighted by atomic mass is 10.00. The fourth-order valence-corrected chi connectivity index (χ4v) is 9.37. The Labute approximate surface area is 349 Å². The van der Waals surface area contributed by atoms with Crippen LogP contribution in [0.3, 0.4) is 0 Å². The molecule has 282 valence electrons. The molecule has 0 radical (unpaired) electrons. The van der Waals surface area contributed by atoms with Crippen LogP contribution in [0, 0.1) is 17.9 Å². The van der Waals surface area contributed by atoms with Gasteiger partial charge in [-0.05, 0) is 60.2 Å². The summed E-state index contributed by atoms with van der Waals surface area (Å²) in [5.41, 5.74) is 11.2. The Hall–Kier alpha value is -8.78. The van der Waals surface area contributed by atoms with E-state index < -0.39 is 0 Å². The normalized spacial score (nSPS) is 11.6. The summed E-state index contributed by atoms with van der Waals surface area (Å²) in [4.78, 5) is 14.6. The summed E-state index contributed by atoms with van der Waals surface area (Å²) in [6.45, 7) is 8.69. The predicted octanol–water partition coefficient (Wildman–Crippen LogP) is 13.5. The van der Waals surface area contributed by atoms with Gasteiger partial charge in [-0.1, -0.05) is 133 Å². The smallest absolute Gasteiger partial charge is 0.235 e. The molecule has 8 aromatic carbocycles. The second kappa shape index (κ2) is 13.4. The number of rotatable bonds is 5. The summed E-state index contributed by atoms with van der Waals surface area (Å²) in [5.74, 6) is 0.443. The van der Waals surface area contributed by atoms with E-state index in [2.05, 4.69) is 134 Å². The second-order valence-electron chi connectivity index (χ2n) is 15.2. The molecule has 0 aliphatic heterocycles. The molecule has 0 amide bonds. The molecule has 0 fully saturated rings. The third kappa shape index (κ3) is 5.02. The average Bonchev–Trinajstić information content (AvgIpc) is 3.97. The molecule has 0 saturated carbocycles. The van der Waals surface area contributed by atoms with Crippen molar-refractivity contribution in [1.82, 2.24) is 23.7 Å². The van der Waals surface area contributed by atoms with Crippen molar-refractivity contribution in [2.24, 2.45) is 0 Å². The van der Waals surface area contributed by atoms with E-state index in [4.69, 9.17) is 16.5 Å². The van der Waals surface area contributed by atoms with Gasteiger partial charge in [0.1, 0.15) is 11.6 Å². The van der Waals surface area contributed by atoms with E-state index in [9.17, 15) is 5.26 Å². The summed E-state index contributed by atoms with van der Waals surface area (Å²) in [6, 6.07) is 66.4. The fraction of sp³-hybridized carbons (Fsp3) is 0. The first kappa shape index (κ1) is 34.3. The summed E-state index contributed by atoms with van der Waals surface area (Å²) < 4.78 is 6.64. The first-order chi connectivity index (χ1) is 30.2. The van der Waals surface area contributed by atoms with Crippen LogP contribution in [0.4, 0.5) is 5.69 Å². The van der Waals surface area contributed by atoms with Gasteiger partial charge in [0.05, 0.1) is 56.7 Å². The topological polar surface area (TPSA) is 68.7 Å². The zero-order chi connectivity index (χ0) is 40.6. The molecule has 4 heterocycles. The van der Waals surface area contributed by atoms with Gasteiger partial charge < -0.3 is 9.13 Å². The first-order valence-corrected chi connectivity index (χ1v) is 20.1. The number of aromatic nitrogens is 5. The molecule has 0 atom stereocenters. The van der Waals surface area contributed by atoms with Crippen LogP contribution in [0.2, 0.25) is 0 Å². The summed E-state index contributed by atoms with van der Waals surface area (Å²) in [7, 11) is 0. The molecule has 4 aromatic heterocycles. The number of nitrogens with zero attached hydrogens (tertiary/aromatic N) is 7. The van der Waals surface area contributed by atoms with Crippen molar-refractivity contribution in [3.63, 3.8) is 0 Å². The van der Waals surface area contributed by atoms with Gasteiger partial charge in [-0.3, -0.25) is 4.57 Å². The average molecular weight is 778 g/mol. The standard InChI is InChI=1S/C54H31N7/c1-56-43-32-35(52-42(33-55)51(34-16-4-2-5-17-34)57-54(58-52)61-45-25-13-8-20-37(45)38-21-9-14-26-46(38)61)28-30-48(43)60-44-24-12-10-22-39(44)40-29-31-49-50(53(40)60)41-23-11-15-27-47(41)59(49)36-18-6-3-7-19-36/h2-32H. The van der Waals surface area contributed by atoms with Crippen molar-refractivity contribution in [1.29, 1.82) is 5.26 Å². The third-order valence-electron chi connectivity index (χ3n) is 11.9. The molecule has 0 N–H and O–H groups in total. The van der Waals surface area contributed by atoms with E-state index in [1.54, 1.807) is 0 Å². The third-order valence-corrected chi connectivity index (χ3v) is 11.9. The van der Waals surface area contributed by atoms with Crippen LogP contribution in [0.5, 0.6) is 0 Å². The number of para-hydroxylation sites is 5. The molecule has 7 nitrogen and oxygen atoms in total. The molecule has 7 heteroatoms. The van der Waals surface area contributed by atoms with Gasteiger partial charge in [-0.25, -0.2) is 14.8 Å². The summed E-state index contributed by atoms with van der Waals surface area (Å²) in [6.07, 6.45) is 0. The van der Waals surface area contributed by atoms with Gasteiger partial charge >= 0.3 is 0 Å². The Morgan fingerprint density at radius 3 is 1.61 bits per heavy atom. The number of benzene rings is 8. The van der Waals surface area contributed by atoms with Crippen LogP contribution in [-0.4, -0.2) is 23.7 Å². The minimum atomic E-state index is 0.340. The highest BCUT2D eigenvalue weighted by Gasteiger charge is 2.25. The Morgan fingerprint density at radius 2 is 0.984 bits per heavy atom.